The molecule has 0 radical (unpaired) electrons. The molecule has 2 heterocycles. The maximum Gasteiger partial charge on any atom is 0.216 e. The van der Waals surface area contributed by atoms with Crippen LogP contribution >= 0.6 is 0 Å². The Balaban J connectivity index is 1.78. The Hall–Kier alpha value is -4.49. The summed E-state index contributed by atoms with van der Waals surface area (Å²) in [6.45, 7) is 1.85. The summed E-state index contributed by atoms with van der Waals surface area (Å²) in [5.41, 5.74) is 4.51. The Labute approximate surface area is 200 Å². The molecule has 0 saturated carbocycles. The van der Waals surface area contributed by atoms with Crippen molar-refractivity contribution in [2.24, 2.45) is 7.05 Å². The molecule has 0 aliphatic carbocycles. The number of furan rings is 1. The van der Waals surface area contributed by atoms with Gasteiger partial charge in [-0.05, 0) is 47.0 Å². The van der Waals surface area contributed by atoms with Gasteiger partial charge in [0.2, 0.25) is 11.9 Å². The van der Waals surface area contributed by atoms with Crippen molar-refractivity contribution in [2.75, 3.05) is 0 Å². The molecule has 0 bridgehead atoms. The van der Waals surface area contributed by atoms with Gasteiger partial charge in [-0.3, -0.25) is 0 Å². The summed E-state index contributed by atoms with van der Waals surface area (Å²) in [4.78, 5) is 0. The van der Waals surface area contributed by atoms with Gasteiger partial charge in [0.25, 0.3) is 0 Å². The quantitative estimate of drug-likeness (QED) is 0.264. The first-order valence-electron chi connectivity index (χ1n) is 12.4. The highest BCUT2D eigenvalue weighted by Gasteiger charge is 2.23. The number of nitrogens with zero attached hydrogens (tertiary/aromatic N) is 2. The normalized spacial score (nSPS) is 12.6. The number of pyridine rings is 1. The number of aromatic nitrogens is 1. The fourth-order valence-electron chi connectivity index (χ4n) is 4.76. The van der Waals surface area contributed by atoms with E-state index in [1.165, 1.54) is 11.6 Å². The van der Waals surface area contributed by atoms with Gasteiger partial charge in [-0.1, -0.05) is 54.6 Å². The monoisotopic (exact) mass is 446 g/mol. The van der Waals surface area contributed by atoms with Crippen molar-refractivity contribution >= 4 is 32.7 Å². The second-order valence-electron chi connectivity index (χ2n) is 8.32. The molecule has 0 aliphatic rings. The van der Waals surface area contributed by atoms with Crippen LogP contribution in [0.5, 0.6) is 0 Å². The van der Waals surface area contributed by atoms with Crippen molar-refractivity contribution < 1.29 is 17.5 Å². The van der Waals surface area contributed by atoms with Gasteiger partial charge in [-0.15, -0.1) is 0 Å². The van der Waals surface area contributed by atoms with E-state index in [0.717, 1.165) is 32.7 Å². The van der Waals surface area contributed by atoms with Crippen LogP contribution in [-0.4, -0.2) is 0 Å². The van der Waals surface area contributed by atoms with Crippen LogP contribution in [0.1, 0.15) is 15.2 Å². The number of hydrogen-bond acceptors (Lipinski definition) is 2. The average Bonchev–Trinajstić information content (AvgIpc) is 3.29. The first-order valence-corrected chi connectivity index (χ1v) is 10.9. The summed E-state index contributed by atoms with van der Waals surface area (Å²) in [5.74, 6) is -1.04. The lowest BCUT2D eigenvalue weighted by Gasteiger charge is -2.09. The van der Waals surface area contributed by atoms with Crippen molar-refractivity contribution in [3.8, 4) is 28.5 Å². The van der Waals surface area contributed by atoms with Crippen LogP contribution in [0.25, 0.3) is 55.1 Å². The maximum absolute atomic E-state index is 14.4. The van der Waals surface area contributed by atoms with Gasteiger partial charge in [-0.2, -0.15) is 9.83 Å². The molecule has 6 aromatic rings. The van der Waals surface area contributed by atoms with Gasteiger partial charge in [0.1, 0.15) is 19.6 Å². The molecule has 0 unspecified atom stereocenters. The highest BCUT2D eigenvalue weighted by atomic mass is 19.1. The van der Waals surface area contributed by atoms with E-state index >= 15 is 0 Å². The number of nitriles is 1. The molecule has 0 amide bonds. The van der Waals surface area contributed by atoms with Crippen LogP contribution in [0.3, 0.4) is 0 Å². The number of aryl methyl sites for hydroxylation is 1. The van der Waals surface area contributed by atoms with Gasteiger partial charge >= 0.3 is 0 Å². The van der Waals surface area contributed by atoms with Crippen molar-refractivity contribution in [3.05, 3.63) is 102 Å². The van der Waals surface area contributed by atoms with Gasteiger partial charge in [0.15, 0.2) is 5.82 Å². The van der Waals surface area contributed by atoms with E-state index in [4.69, 9.17) is 8.53 Å². The number of hydrogen-bond donors (Lipinski definition) is 0. The zero-order valence-corrected chi connectivity index (χ0v) is 18.5. The van der Waals surface area contributed by atoms with E-state index in [1.54, 1.807) is 6.07 Å². The first-order chi connectivity index (χ1) is 17.8. The molecule has 0 spiro atoms. The third-order valence-corrected chi connectivity index (χ3v) is 6.33. The Bertz CT molecular complexity index is 1940. The number of benzene rings is 4. The minimum absolute atomic E-state index is 0.228. The van der Waals surface area contributed by atoms with Crippen molar-refractivity contribution in [1.29, 1.82) is 5.26 Å². The molecule has 6 rings (SSSR count). The van der Waals surface area contributed by atoms with Crippen LogP contribution in [0.2, 0.25) is 0 Å². The molecule has 0 saturated heterocycles. The lowest BCUT2D eigenvalue weighted by molar-refractivity contribution is -0.661. The predicted molar refractivity (Wildman–Crippen MR) is 133 cm³/mol. The fraction of sp³-hybridized carbons (Fsp3) is 0.0667. The van der Waals surface area contributed by atoms with E-state index < -0.39 is 18.0 Å². The summed E-state index contributed by atoms with van der Waals surface area (Å²) in [6.07, 6.45) is -0.480. The van der Waals surface area contributed by atoms with Crippen LogP contribution < -0.4 is 4.57 Å². The summed E-state index contributed by atoms with van der Waals surface area (Å²) >= 11 is 0. The van der Waals surface area contributed by atoms with Gasteiger partial charge < -0.3 is 4.42 Å². The topological polar surface area (TPSA) is 40.8 Å². The molecule has 4 aromatic carbocycles. The highest BCUT2D eigenvalue weighted by molar-refractivity contribution is 6.15. The lowest BCUT2D eigenvalue weighted by Crippen LogP contribution is -2.31. The summed E-state index contributed by atoms with van der Waals surface area (Å²) < 4.78 is 47.0. The average molecular weight is 447 g/mol. The maximum atomic E-state index is 14.4. The molecular weight excluding hydrogens is 423 g/mol. The Morgan fingerprint density at radius 1 is 0.882 bits per heavy atom. The summed E-state index contributed by atoms with van der Waals surface area (Å²) in [7, 11) is 1.51. The second-order valence-corrected chi connectivity index (χ2v) is 8.32. The SMILES string of the molecule is [2H]c1c([2H])c(-c2c(C)ccc3c2oc2c(-c4cccc5ccccc45)c(C#N)ccc23)[n+](C)c([2H])c1F. The molecule has 0 atom stereocenters. The lowest BCUT2D eigenvalue weighted by atomic mass is 9.93. The van der Waals surface area contributed by atoms with Gasteiger partial charge in [0, 0.05) is 22.4 Å². The molecule has 162 valence electrons. The van der Waals surface area contributed by atoms with E-state index in [1.807, 2.05) is 67.6 Å². The number of rotatable bonds is 2. The molecule has 4 heteroatoms. The van der Waals surface area contributed by atoms with Crippen LogP contribution in [0, 0.1) is 24.1 Å². The zero-order valence-electron chi connectivity index (χ0n) is 21.5. The minimum Gasteiger partial charge on any atom is -0.454 e. The Morgan fingerprint density at radius 3 is 2.44 bits per heavy atom. The molecule has 34 heavy (non-hydrogen) atoms. The molecule has 0 N–H and O–H groups in total. The first kappa shape index (κ1) is 17.0. The van der Waals surface area contributed by atoms with E-state index in [0.29, 0.717) is 27.9 Å². The fourth-order valence-corrected chi connectivity index (χ4v) is 4.76. The van der Waals surface area contributed by atoms with Crippen LogP contribution in [0.15, 0.2) is 89.4 Å². The summed E-state index contributed by atoms with van der Waals surface area (Å²) in [6, 6.07) is 22.7. The van der Waals surface area contributed by atoms with Crippen molar-refractivity contribution in [1.82, 2.24) is 0 Å². The van der Waals surface area contributed by atoms with Crippen molar-refractivity contribution in [3.63, 3.8) is 0 Å². The number of fused-ring (bicyclic) bond motifs is 4. The van der Waals surface area contributed by atoms with E-state index in [9.17, 15) is 9.65 Å². The summed E-state index contributed by atoms with van der Waals surface area (Å²) in [5, 5.41) is 13.6. The molecule has 0 fully saturated rings. The number of halogens is 1. The van der Waals surface area contributed by atoms with Crippen LogP contribution in [-0.2, 0) is 7.05 Å². The Kier molecular flexibility index (Phi) is 3.78. The highest BCUT2D eigenvalue weighted by Crippen LogP contribution is 2.43. The van der Waals surface area contributed by atoms with E-state index in [2.05, 4.69) is 6.07 Å². The van der Waals surface area contributed by atoms with Gasteiger partial charge in [0.05, 0.1) is 19.9 Å². The minimum atomic E-state index is -1.04. The van der Waals surface area contributed by atoms with Crippen molar-refractivity contribution in [2.45, 2.75) is 6.92 Å². The Morgan fingerprint density at radius 2 is 1.62 bits per heavy atom. The molecular formula is C30H20FN2O+. The molecule has 2 aromatic heterocycles. The largest absolute Gasteiger partial charge is 0.454 e. The third-order valence-electron chi connectivity index (χ3n) is 6.33. The molecule has 0 aliphatic heterocycles. The van der Waals surface area contributed by atoms with Gasteiger partial charge in [-0.25, -0.2) is 4.39 Å². The zero-order chi connectivity index (χ0) is 26.0. The van der Waals surface area contributed by atoms with Crippen LogP contribution in [0.4, 0.5) is 4.39 Å². The predicted octanol–water partition coefficient (Wildman–Crippen LogP) is 7.22. The third kappa shape index (κ3) is 2.91. The van der Waals surface area contributed by atoms with E-state index in [-0.39, 0.29) is 11.7 Å². The standard InChI is InChI=1S/C30H20FN2O/c1-18-10-13-24-25-14-11-20(16-32)28(23-9-5-7-19-6-3-4-8-22(19)23)30(25)34-29(24)27(18)26-15-12-21(31)17-33(26)2/h3-15,17H,1-2H3/q+1/i12D,15D,17D. The molecule has 3 nitrogen and oxygen atoms in total. The second kappa shape index (κ2) is 7.54. The smallest absolute Gasteiger partial charge is 0.216 e.